The summed E-state index contributed by atoms with van der Waals surface area (Å²) in [5.41, 5.74) is 2.89. The predicted octanol–water partition coefficient (Wildman–Crippen LogP) is 7.98. The second kappa shape index (κ2) is 9.23. The van der Waals surface area contributed by atoms with Crippen LogP contribution in [-0.2, 0) is 0 Å². The summed E-state index contributed by atoms with van der Waals surface area (Å²) in [5.74, 6) is -0.268. The van der Waals surface area contributed by atoms with Crippen LogP contribution in [0.1, 0.15) is 11.1 Å². The first-order valence-corrected chi connectivity index (χ1v) is 9.78. The van der Waals surface area contributed by atoms with E-state index in [4.69, 9.17) is 23.2 Å². The molecule has 1 nitrogen and oxygen atoms in total. The molecule has 0 saturated heterocycles. The molecule has 0 aromatic heterocycles. The Bertz CT molecular complexity index is 980. The first kappa shape index (κ1) is 19.7. The predicted molar refractivity (Wildman–Crippen MR) is 116 cm³/mol. The number of aliphatic imine (C=N–C) groups is 1. The van der Waals surface area contributed by atoms with Crippen LogP contribution in [0.25, 0.3) is 4.91 Å². The molecule has 136 valence electrons. The van der Waals surface area contributed by atoms with Crippen LogP contribution in [0, 0.1) is 12.7 Å². The molecular weight excluding hydrogens is 400 g/mol. The van der Waals surface area contributed by atoms with Crippen LogP contribution in [-0.4, -0.2) is 6.21 Å². The number of halogens is 3. The fourth-order valence-corrected chi connectivity index (χ4v) is 3.83. The molecule has 0 fully saturated rings. The molecule has 0 radical (unpaired) electrons. The third-order valence-electron chi connectivity index (χ3n) is 3.72. The lowest BCUT2D eigenvalue weighted by atomic mass is 10.2. The van der Waals surface area contributed by atoms with E-state index >= 15 is 0 Å². The summed E-state index contributed by atoms with van der Waals surface area (Å²) >= 11 is 13.9. The number of thioether (sulfide) groups is 1. The molecule has 27 heavy (non-hydrogen) atoms. The largest absolute Gasteiger partial charge is 0.257 e. The summed E-state index contributed by atoms with van der Waals surface area (Å²) in [4.78, 5) is 6.26. The number of benzene rings is 3. The minimum atomic E-state index is -0.268. The highest BCUT2D eigenvalue weighted by Crippen LogP contribution is 2.38. The van der Waals surface area contributed by atoms with Crippen LogP contribution in [0.2, 0.25) is 10.0 Å². The van der Waals surface area contributed by atoms with Crippen LogP contribution in [0.5, 0.6) is 0 Å². The fourth-order valence-electron chi connectivity index (χ4n) is 2.32. The lowest BCUT2D eigenvalue weighted by Crippen LogP contribution is -1.85. The van der Waals surface area contributed by atoms with Crippen molar-refractivity contribution in [1.82, 2.24) is 0 Å². The van der Waals surface area contributed by atoms with Crippen molar-refractivity contribution in [3.8, 4) is 0 Å². The van der Waals surface area contributed by atoms with Gasteiger partial charge in [-0.25, -0.2) is 4.39 Å². The average Bonchev–Trinajstić information content (AvgIpc) is 2.64. The SMILES string of the molecule is Cc1ccc(N=CC=C(Sc2ccc(F)cc2)c2ccc(Cl)cc2Cl)cc1. The maximum Gasteiger partial charge on any atom is 0.123 e. The lowest BCUT2D eigenvalue weighted by molar-refractivity contribution is 0.626. The van der Waals surface area contributed by atoms with E-state index in [1.54, 1.807) is 30.5 Å². The second-order valence-electron chi connectivity index (χ2n) is 5.82. The van der Waals surface area contributed by atoms with Gasteiger partial charge in [0.05, 0.1) is 10.7 Å². The second-order valence-corrected chi connectivity index (χ2v) is 7.78. The molecule has 3 aromatic carbocycles. The normalized spacial score (nSPS) is 11.9. The standard InChI is InChI=1S/C22H16Cl2FNS/c1-15-2-7-18(8-3-15)26-13-12-22(20-11-4-16(23)14-21(20)24)27-19-9-5-17(25)6-10-19/h2-14H,1H3. The van der Waals surface area contributed by atoms with Gasteiger partial charge >= 0.3 is 0 Å². The van der Waals surface area contributed by atoms with Gasteiger partial charge in [-0.1, -0.05) is 58.7 Å². The van der Waals surface area contributed by atoms with Crippen molar-refractivity contribution >= 4 is 51.8 Å². The Kier molecular flexibility index (Phi) is 6.73. The summed E-state index contributed by atoms with van der Waals surface area (Å²) in [7, 11) is 0. The third-order valence-corrected chi connectivity index (χ3v) is 5.35. The third kappa shape index (κ3) is 5.70. The van der Waals surface area contributed by atoms with Crippen LogP contribution in [0.3, 0.4) is 0 Å². The van der Waals surface area contributed by atoms with E-state index in [1.807, 2.05) is 43.3 Å². The molecule has 0 aliphatic rings. The fraction of sp³-hybridized carbons (Fsp3) is 0.0455. The molecule has 0 bridgehead atoms. The number of rotatable bonds is 5. The lowest BCUT2D eigenvalue weighted by Gasteiger charge is -2.09. The Balaban J connectivity index is 1.92. The summed E-state index contributed by atoms with van der Waals surface area (Å²) in [6.07, 6.45) is 3.63. The molecule has 5 heteroatoms. The van der Waals surface area contributed by atoms with E-state index in [9.17, 15) is 4.39 Å². The van der Waals surface area contributed by atoms with Crippen LogP contribution in [0.4, 0.5) is 10.1 Å². The van der Waals surface area contributed by atoms with Gasteiger partial charge in [0.15, 0.2) is 0 Å². The van der Waals surface area contributed by atoms with Gasteiger partial charge in [0.25, 0.3) is 0 Å². The Morgan fingerprint density at radius 2 is 1.67 bits per heavy atom. The van der Waals surface area contributed by atoms with E-state index in [0.29, 0.717) is 10.0 Å². The van der Waals surface area contributed by atoms with E-state index < -0.39 is 0 Å². The van der Waals surface area contributed by atoms with Crippen molar-refractivity contribution in [2.24, 2.45) is 4.99 Å². The Morgan fingerprint density at radius 1 is 0.963 bits per heavy atom. The zero-order valence-corrected chi connectivity index (χ0v) is 16.8. The Morgan fingerprint density at radius 3 is 2.33 bits per heavy atom. The van der Waals surface area contributed by atoms with E-state index in [-0.39, 0.29) is 5.82 Å². The molecule has 0 unspecified atom stereocenters. The van der Waals surface area contributed by atoms with Crippen molar-refractivity contribution in [2.75, 3.05) is 0 Å². The van der Waals surface area contributed by atoms with E-state index in [1.165, 1.54) is 29.5 Å². The highest BCUT2D eigenvalue weighted by molar-refractivity contribution is 8.08. The Hall–Kier alpha value is -2.07. The summed E-state index contributed by atoms with van der Waals surface area (Å²) in [6, 6.07) is 19.6. The van der Waals surface area contributed by atoms with Crippen LogP contribution < -0.4 is 0 Å². The average molecular weight is 416 g/mol. The number of hydrogen-bond donors (Lipinski definition) is 0. The van der Waals surface area contributed by atoms with Gasteiger partial charge in [-0.2, -0.15) is 0 Å². The maximum atomic E-state index is 13.2. The van der Waals surface area contributed by atoms with Crippen LogP contribution in [0.15, 0.2) is 82.7 Å². The number of aryl methyl sites for hydroxylation is 1. The molecule has 0 atom stereocenters. The summed E-state index contributed by atoms with van der Waals surface area (Å²) < 4.78 is 13.2. The molecule has 0 heterocycles. The highest BCUT2D eigenvalue weighted by atomic mass is 35.5. The Labute approximate surface area is 172 Å². The van der Waals surface area contributed by atoms with Gasteiger partial charge in [-0.05, 0) is 61.5 Å². The minimum Gasteiger partial charge on any atom is -0.257 e. The number of nitrogens with zero attached hydrogens (tertiary/aromatic N) is 1. The molecule has 3 aromatic rings. The molecular formula is C22H16Cl2FNS. The highest BCUT2D eigenvalue weighted by Gasteiger charge is 2.09. The van der Waals surface area contributed by atoms with E-state index in [2.05, 4.69) is 4.99 Å². The molecule has 0 N–H and O–H groups in total. The monoisotopic (exact) mass is 415 g/mol. The molecule has 0 aliphatic heterocycles. The topological polar surface area (TPSA) is 12.4 Å². The van der Waals surface area contributed by atoms with Gasteiger partial charge in [-0.3, -0.25) is 4.99 Å². The summed E-state index contributed by atoms with van der Waals surface area (Å²) in [6.45, 7) is 2.04. The zero-order chi connectivity index (χ0) is 19.2. The van der Waals surface area contributed by atoms with E-state index in [0.717, 1.165) is 21.1 Å². The smallest absolute Gasteiger partial charge is 0.123 e. The van der Waals surface area contributed by atoms with Crippen molar-refractivity contribution in [1.29, 1.82) is 0 Å². The van der Waals surface area contributed by atoms with Gasteiger partial charge in [0, 0.05) is 26.6 Å². The molecule has 0 spiro atoms. The number of hydrogen-bond acceptors (Lipinski definition) is 2. The van der Waals surface area contributed by atoms with Crippen molar-refractivity contribution < 1.29 is 4.39 Å². The summed E-state index contributed by atoms with van der Waals surface area (Å²) in [5, 5.41) is 1.12. The van der Waals surface area contributed by atoms with Gasteiger partial charge in [0.2, 0.25) is 0 Å². The molecule has 0 aliphatic carbocycles. The van der Waals surface area contributed by atoms with Gasteiger partial charge < -0.3 is 0 Å². The van der Waals surface area contributed by atoms with Crippen LogP contribution >= 0.6 is 35.0 Å². The maximum absolute atomic E-state index is 13.2. The first-order chi connectivity index (χ1) is 13.0. The van der Waals surface area contributed by atoms with Gasteiger partial charge in [0.1, 0.15) is 5.82 Å². The zero-order valence-electron chi connectivity index (χ0n) is 14.5. The number of allylic oxidation sites excluding steroid dienone is 1. The van der Waals surface area contributed by atoms with Gasteiger partial charge in [-0.15, -0.1) is 0 Å². The van der Waals surface area contributed by atoms with Crippen molar-refractivity contribution in [3.05, 3.63) is 99.8 Å². The quantitative estimate of drug-likeness (QED) is 0.303. The first-order valence-electron chi connectivity index (χ1n) is 8.21. The molecule has 3 rings (SSSR count). The molecule has 0 amide bonds. The van der Waals surface area contributed by atoms with Crippen molar-refractivity contribution in [3.63, 3.8) is 0 Å². The minimum absolute atomic E-state index is 0.268. The van der Waals surface area contributed by atoms with Crippen molar-refractivity contribution in [2.45, 2.75) is 11.8 Å². The molecule has 0 saturated carbocycles.